The van der Waals surface area contributed by atoms with Gasteiger partial charge in [0.1, 0.15) is 6.10 Å². The Kier molecular flexibility index (Phi) is 21.1. The quantitative estimate of drug-likeness (QED) is 0.265. The van der Waals surface area contributed by atoms with Crippen LogP contribution in [0.15, 0.2) is 0 Å². The van der Waals surface area contributed by atoms with Gasteiger partial charge >= 0.3 is 0 Å². The Morgan fingerprint density at radius 3 is 0.750 bits per heavy atom. The third-order valence-electron chi connectivity index (χ3n) is 1.52. The van der Waals surface area contributed by atoms with Crippen molar-refractivity contribution in [2.75, 3.05) is 30.5 Å². The van der Waals surface area contributed by atoms with Crippen molar-refractivity contribution in [1.82, 2.24) is 0 Å². The molecule has 0 atom stereocenters. The van der Waals surface area contributed by atoms with Crippen LogP contribution in [0.3, 0.4) is 0 Å². The molecular weight excluding hydrogens is 396 g/mol. The van der Waals surface area contributed by atoms with Crippen LogP contribution in [0.4, 0.5) is 0 Å². The van der Waals surface area contributed by atoms with Gasteiger partial charge in [-0.1, -0.05) is 0 Å². The Hall–Kier alpha value is -0.390. The molecule has 0 fully saturated rings. The molecular formula is C9H26O12S3. The molecule has 0 radical (unpaired) electrons. The van der Waals surface area contributed by atoms with E-state index in [4.69, 9.17) is 29.0 Å². The monoisotopic (exact) mass is 422 g/mol. The topological polar surface area (TPSA) is 224 Å². The van der Waals surface area contributed by atoms with E-state index in [2.05, 4.69) is 0 Å². The Bertz CT molecular complexity index is 483. The van der Waals surface area contributed by atoms with E-state index < -0.39 is 36.5 Å². The zero-order chi connectivity index (χ0) is 20.6. The van der Waals surface area contributed by atoms with E-state index in [0.29, 0.717) is 0 Å². The summed E-state index contributed by atoms with van der Waals surface area (Å²) in [7, 11) is -11.0. The van der Waals surface area contributed by atoms with E-state index >= 15 is 0 Å². The Morgan fingerprint density at radius 2 is 0.750 bits per heavy atom. The molecule has 0 aromatic heterocycles. The average molecular weight is 422 g/mol. The van der Waals surface area contributed by atoms with Gasteiger partial charge in [0.15, 0.2) is 0 Å². The van der Waals surface area contributed by atoms with Gasteiger partial charge in [0, 0.05) is 0 Å². The van der Waals surface area contributed by atoms with Crippen LogP contribution in [0.25, 0.3) is 0 Å². The molecule has 0 spiro atoms. The first-order chi connectivity index (χ1) is 10.5. The lowest BCUT2D eigenvalue weighted by Gasteiger charge is -1.96. The van der Waals surface area contributed by atoms with Crippen molar-refractivity contribution < 1.29 is 54.2 Å². The standard InChI is InChI=1S/C3H8O3.3C2H6O3S/c4-1-3(6)2-5;3*1-2-6(3,4)5/h3-6H,1-2H2;3*2H2,1H3,(H,3,4,5). The maximum Gasteiger partial charge on any atom is 0.264 e. The molecule has 0 saturated heterocycles. The van der Waals surface area contributed by atoms with Crippen LogP contribution in [0.2, 0.25) is 0 Å². The van der Waals surface area contributed by atoms with E-state index in [1.165, 1.54) is 20.8 Å². The van der Waals surface area contributed by atoms with Gasteiger partial charge in [0.05, 0.1) is 30.5 Å². The SMILES string of the molecule is CCS(=O)(=O)O.CCS(=O)(=O)O.CCS(=O)(=O)O.OCC(O)CO. The largest absolute Gasteiger partial charge is 0.394 e. The number of hydrogen-bond acceptors (Lipinski definition) is 9. The van der Waals surface area contributed by atoms with Gasteiger partial charge < -0.3 is 15.3 Å². The van der Waals surface area contributed by atoms with Gasteiger partial charge in [0.2, 0.25) is 0 Å². The van der Waals surface area contributed by atoms with Gasteiger partial charge in [-0.05, 0) is 20.8 Å². The molecule has 152 valence electrons. The highest BCUT2D eigenvalue weighted by Crippen LogP contribution is 1.75. The summed E-state index contributed by atoms with van der Waals surface area (Å²) in [4.78, 5) is 0. The molecule has 0 heterocycles. The van der Waals surface area contributed by atoms with E-state index in [9.17, 15) is 25.3 Å². The van der Waals surface area contributed by atoms with Crippen LogP contribution in [-0.4, -0.2) is 90.8 Å². The third kappa shape index (κ3) is 57.7. The molecule has 0 unspecified atom stereocenters. The summed E-state index contributed by atoms with van der Waals surface area (Å²) < 4.78 is 80.7. The lowest BCUT2D eigenvalue weighted by Crippen LogP contribution is -2.15. The Balaban J connectivity index is -0.000000111. The van der Waals surface area contributed by atoms with Crippen LogP contribution in [0.5, 0.6) is 0 Å². The van der Waals surface area contributed by atoms with Crippen molar-refractivity contribution in [3.8, 4) is 0 Å². The summed E-state index contributed by atoms with van der Waals surface area (Å²) in [5.41, 5.74) is 0. The fraction of sp³-hybridized carbons (Fsp3) is 1.00. The van der Waals surface area contributed by atoms with Crippen LogP contribution in [0.1, 0.15) is 20.8 Å². The molecule has 0 amide bonds. The molecule has 0 aliphatic rings. The first kappa shape index (κ1) is 31.4. The predicted octanol–water partition coefficient (Wildman–Crippen LogP) is -1.99. The molecule has 24 heavy (non-hydrogen) atoms. The normalized spacial score (nSPS) is 11.2. The zero-order valence-electron chi connectivity index (χ0n) is 13.5. The highest BCUT2D eigenvalue weighted by atomic mass is 32.2. The van der Waals surface area contributed by atoms with Crippen molar-refractivity contribution in [1.29, 1.82) is 0 Å². The molecule has 0 aromatic rings. The van der Waals surface area contributed by atoms with Crippen molar-refractivity contribution in [3.05, 3.63) is 0 Å². The maximum atomic E-state index is 9.56. The van der Waals surface area contributed by atoms with Crippen molar-refractivity contribution in [2.24, 2.45) is 0 Å². The van der Waals surface area contributed by atoms with E-state index in [-0.39, 0.29) is 30.5 Å². The van der Waals surface area contributed by atoms with Crippen LogP contribution >= 0.6 is 0 Å². The van der Waals surface area contributed by atoms with Crippen LogP contribution in [-0.2, 0) is 30.4 Å². The van der Waals surface area contributed by atoms with Gasteiger partial charge in [0.25, 0.3) is 30.4 Å². The molecule has 0 aliphatic heterocycles. The third-order valence-corrected chi connectivity index (χ3v) is 3.70. The first-order valence-electron chi connectivity index (χ1n) is 6.24. The average Bonchev–Trinajstić information content (AvgIpc) is 2.46. The van der Waals surface area contributed by atoms with Gasteiger partial charge in [-0.3, -0.25) is 13.7 Å². The second kappa shape index (κ2) is 16.1. The molecule has 6 N–H and O–H groups in total. The Morgan fingerprint density at radius 1 is 0.625 bits per heavy atom. The summed E-state index contributed by atoms with van der Waals surface area (Å²) in [6.07, 6.45) is -0.954. The fourth-order valence-electron chi connectivity index (χ4n) is 0.0577. The number of aliphatic hydroxyl groups is 3. The zero-order valence-corrected chi connectivity index (χ0v) is 15.9. The minimum atomic E-state index is -3.66. The highest BCUT2D eigenvalue weighted by molar-refractivity contribution is 7.86. The smallest absolute Gasteiger partial charge is 0.264 e. The Labute approximate surface area is 142 Å². The van der Waals surface area contributed by atoms with Gasteiger partial charge in [-0.15, -0.1) is 0 Å². The van der Waals surface area contributed by atoms with E-state index in [1.807, 2.05) is 0 Å². The van der Waals surface area contributed by atoms with Crippen LogP contribution < -0.4 is 0 Å². The summed E-state index contributed by atoms with van der Waals surface area (Å²) >= 11 is 0. The summed E-state index contributed by atoms with van der Waals surface area (Å²) in [5.74, 6) is -0.604. The van der Waals surface area contributed by atoms with E-state index in [0.717, 1.165) is 0 Å². The minimum absolute atomic E-state index is 0.201. The molecule has 0 rings (SSSR count). The second-order valence-electron chi connectivity index (χ2n) is 3.63. The predicted molar refractivity (Wildman–Crippen MR) is 86.4 cm³/mol. The van der Waals surface area contributed by atoms with Gasteiger partial charge in [-0.2, -0.15) is 25.3 Å². The second-order valence-corrected chi connectivity index (χ2v) is 8.85. The molecule has 15 heteroatoms. The first-order valence-corrected chi connectivity index (χ1v) is 11.1. The fourth-order valence-corrected chi connectivity index (χ4v) is 0.0577. The molecule has 0 saturated carbocycles. The van der Waals surface area contributed by atoms with Crippen molar-refractivity contribution in [3.63, 3.8) is 0 Å². The number of rotatable bonds is 5. The summed E-state index contributed by atoms with van der Waals surface area (Å²) in [6.45, 7) is 3.38. The van der Waals surface area contributed by atoms with Gasteiger partial charge in [-0.25, -0.2) is 0 Å². The lowest BCUT2D eigenvalue weighted by molar-refractivity contribution is 0.0450. The molecule has 0 aromatic carbocycles. The summed E-state index contributed by atoms with van der Waals surface area (Å²) in [6, 6.07) is 0. The highest BCUT2D eigenvalue weighted by Gasteiger charge is 1.95. The summed E-state index contributed by atoms with van der Waals surface area (Å²) in [5, 5.41) is 24.0. The van der Waals surface area contributed by atoms with Crippen molar-refractivity contribution >= 4 is 30.4 Å². The van der Waals surface area contributed by atoms with Crippen molar-refractivity contribution in [2.45, 2.75) is 26.9 Å². The van der Waals surface area contributed by atoms with Crippen LogP contribution in [0, 0.1) is 0 Å². The molecule has 0 bridgehead atoms. The maximum absolute atomic E-state index is 9.56. The number of hydrogen-bond donors (Lipinski definition) is 6. The molecule has 0 aliphatic carbocycles. The minimum Gasteiger partial charge on any atom is -0.394 e. The lowest BCUT2D eigenvalue weighted by atomic mass is 10.4. The van der Waals surface area contributed by atoms with E-state index in [1.54, 1.807) is 0 Å². The number of aliphatic hydroxyl groups excluding tert-OH is 3. The molecule has 12 nitrogen and oxygen atoms in total.